The first-order valence-electron chi connectivity index (χ1n) is 5.65. The maximum absolute atomic E-state index is 9.39. The zero-order chi connectivity index (χ0) is 11.5. The van der Waals surface area contributed by atoms with Gasteiger partial charge in [0.25, 0.3) is 0 Å². The highest BCUT2D eigenvalue weighted by molar-refractivity contribution is 9.10. The average Bonchev–Trinajstić information content (AvgIpc) is 2.29. The monoisotopic (exact) mass is 284 g/mol. The Hall–Kier alpha value is -0.740. The van der Waals surface area contributed by atoms with E-state index in [1.807, 2.05) is 18.2 Å². The van der Waals surface area contributed by atoms with Crippen LogP contribution in [0.5, 0.6) is 0 Å². The zero-order valence-electron chi connectivity index (χ0n) is 9.19. The first-order chi connectivity index (χ1) is 7.72. The van der Waals surface area contributed by atoms with Gasteiger partial charge in [0.05, 0.1) is 18.3 Å². The minimum Gasteiger partial charge on any atom is -0.399 e. The summed E-state index contributed by atoms with van der Waals surface area (Å²) in [7, 11) is 0. The van der Waals surface area contributed by atoms with Crippen LogP contribution in [0.1, 0.15) is 19.3 Å². The molecular formula is C12H17BrN2O. The van der Waals surface area contributed by atoms with Gasteiger partial charge in [-0.2, -0.15) is 0 Å². The van der Waals surface area contributed by atoms with E-state index in [1.165, 1.54) is 12.8 Å². The summed E-state index contributed by atoms with van der Waals surface area (Å²) in [6.45, 7) is 1.23. The first kappa shape index (κ1) is 11.7. The maximum Gasteiger partial charge on any atom is 0.0635 e. The van der Waals surface area contributed by atoms with Gasteiger partial charge in [-0.1, -0.05) is 0 Å². The zero-order valence-corrected chi connectivity index (χ0v) is 10.8. The Morgan fingerprint density at radius 1 is 1.44 bits per heavy atom. The van der Waals surface area contributed by atoms with Crippen molar-refractivity contribution in [2.24, 2.45) is 0 Å². The van der Waals surface area contributed by atoms with Crippen LogP contribution in [0.3, 0.4) is 0 Å². The molecule has 0 saturated carbocycles. The molecule has 1 saturated heterocycles. The van der Waals surface area contributed by atoms with Crippen molar-refractivity contribution in [3.05, 3.63) is 22.7 Å². The van der Waals surface area contributed by atoms with E-state index in [2.05, 4.69) is 20.8 Å². The molecule has 1 unspecified atom stereocenters. The standard InChI is InChI=1S/C12H17BrN2O/c13-11-7-9(14)4-5-12(11)15-6-2-1-3-10(15)8-16/h4-5,7,10,16H,1-3,6,8,14H2. The fourth-order valence-electron chi connectivity index (χ4n) is 2.26. The number of halogens is 1. The molecule has 0 aliphatic carbocycles. The first-order valence-corrected chi connectivity index (χ1v) is 6.44. The van der Waals surface area contributed by atoms with Gasteiger partial charge in [-0.25, -0.2) is 0 Å². The number of benzene rings is 1. The third kappa shape index (κ3) is 2.33. The molecule has 88 valence electrons. The second kappa shape index (κ2) is 5.06. The molecule has 4 heteroatoms. The van der Waals surface area contributed by atoms with Crippen LogP contribution >= 0.6 is 15.9 Å². The molecule has 0 spiro atoms. The third-order valence-corrected chi connectivity index (χ3v) is 3.75. The van der Waals surface area contributed by atoms with Crippen molar-refractivity contribution in [3.63, 3.8) is 0 Å². The van der Waals surface area contributed by atoms with Crippen LogP contribution < -0.4 is 10.6 Å². The molecule has 1 fully saturated rings. The minimum atomic E-state index is 0.219. The number of nitrogen functional groups attached to an aromatic ring is 1. The Balaban J connectivity index is 2.27. The number of nitrogens with two attached hydrogens (primary N) is 1. The van der Waals surface area contributed by atoms with Gasteiger partial charge in [0.15, 0.2) is 0 Å². The lowest BCUT2D eigenvalue weighted by Gasteiger charge is -2.37. The van der Waals surface area contributed by atoms with Crippen molar-refractivity contribution in [2.75, 3.05) is 23.8 Å². The number of hydrogen-bond donors (Lipinski definition) is 2. The van der Waals surface area contributed by atoms with E-state index in [0.29, 0.717) is 0 Å². The summed E-state index contributed by atoms with van der Waals surface area (Å²) < 4.78 is 1.01. The molecule has 1 heterocycles. The predicted molar refractivity (Wildman–Crippen MR) is 70.6 cm³/mol. The molecule has 3 N–H and O–H groups in total. The predicted octanol–water partition coefficient (Wildman–Crippen LogP) is 2.38. The number of anilines is 2. The molecule has 2 rings (SSSR count). The van der Waals surface area contributed by atoms with Crippen molar-refractivity contribution in [1.82, 2.24) is 0 Å². The average molecular weight is 285 g/mol. The fourth-order valence-corrected chi connectivity index (χ4v) is 2.89. The van der Waals surface area contributed by atoms with Gasteiger partial charge in [0.1, 0.15) is 0 Å². The van der Waals surface area contributed by atoms with E-state index in [-0.39, 0.29) is 12.6 Å². The van der Waals surface area contributed by atoms with Crippen LogP contribution in [0.25, 0.3) is 0 Å². The van der Waals surface area contributed by atoms with E-state index in [9.17, 15) is 5.11 Å². The summed E-state index contributed by atoms with van der Waals surface area (Å²) in [5, 5.41) is 9.39. The molecule has 0 amide bonds. The number of hydrogen-bond acceptors (Lipinski definition) is 3. The smallest absolute Gasteiger partial charge is 0.0635 e. The van der Waals surface area contributed by atoms with Crippen LogP contribution in [-0.2, 0) is 0 Å². The summed E-state index contributed by atoms with van der Waals surface area (Å²) in [5.41, 5.74) is 7.62. The number of rotatable bonds is 2. The lowest BCUT2D eigenvalue weighted by molar-refractivity contribution is 0.240. The Morgan fingerprint density at radius 2 is 2.25 bits per heavy atom. The van der Waals surface area contributed by atoms with E-state index in [4.69, 9.17) is 5.73 Å². The Labute approximate surface area is 104 Å². The van der Waals surface area contributed by atoms with Gasteiger partial charge in [-0.15, -0.1) is 0 Å². The van der Waals surface area contributed by atoms with Gasteiger partial charge in [-0.05, 0) is 53.4 Å². The molecule has 1 aromatic carbocycles. The summed E-state index contributed by atoms with van der Waals surface area (Å²) in [6.07, 6.45) is 3.45. The van der Waals surface area contributed by atoms with E-state index < -0.39 is 0 Å². The van der Waals surface area contributed by atoms with E-state index >= 15 is 0 Å². The molecule has 1 aliphatic rings. The highest BCUT2D eigenvalue weighted by Gasteiger charge is 2.23. The van der Waals surface area contributed by atoms with Crippen LogP contribution in [0.4, 0.5) is 11.4 Å². The van der Waals surface area contributed by atoms with Crippen LogP contribution in [0.15, 0.2) is 22.7 Å². The molecule has 0 radical (unpaired) electrons. The van der Waals surface area contributed by atoms with Gasteiger partial charge in [0, 0.05) is 16.7 Å². The molecule has 3 nitrogen and oxygen atoms in total. The SMILES string of the molecule is Nc1ccc(N2CCCCC2CO)c(Br)c1. The van der Waals surface area contributed by atoms with Crippen LogP contribution in [-0.4, -0.2) is 24.3 Å². The largest absolute Gasteiger partial charge is 0.399 e. The van der Waals surface area contributed by atoms with Crippen LogP contribution in [0, 0.1) is 0 Å². The Morgan fingerprint density at radius 3 is 2.94 bits per heavy atom. The fraction of sp³-hybridized carbons (Fsp3) is 0.500. The third-order valence-electron chi connectivity index (χ3n) is 3.12. The lowest BCUT2D eigenvalue weighted by Crippen LogP contribution is -2.42. The minimum absolute atomic E-state index is 0.219. The molecule has 16 heavy (non-hydrogen) atoms. The van der Waals surface area contributed by atoms with Gasteiger partial charge in [-0.3, -0.25) is 0 Å². The molecule has 1 aliphatic heterocycles. The lowest BCUT2D eigenvalue weighted by atomic mass is 10.0. The number of aliphatic hydroxyl groups is 1. The summed E-state index contributed by atoms with van der Waals surface area (Å²) in [4.78, 5) is 2.27. The van der Waals surface area contributed by atoms with Gasteiger partial charge < -0.3 is 15.7 Å². The number of piperidine rings is 1. The Kier molecular flexibility index (Phi) is 3.71. The van der Waals surface area contributed by atoms with Crippen molar-refractivity contribution in [3.8, 4) is 0 Å². The van der Waals surface area contributed by atoms with Gasteiger partial charge in [0.2, 0.25) is 0 Å². The van der Waals surface area contributed by atoms with Gasteiger partial charge >= 0.3 is 0 Å². The second-order valence-electron chi connectivity index (χ2n) is 4.24. The quantitative estimate of drug-likeness (QED) is 0.820. The van der Waals surface area contributed by atoms with E-state index in [1.54, 1.807) is 0 Å². The van der Waals surface area contributed by atoms with Crippen molar-refractivity contribution in [2.45, 2.75) is 25.3 Å². The van der Waals surface area contributed by atoms with Crippen molar-refractivity contribution >= 4 is 27.3 Å². The number of aliphatic hydroxyl groups excluding tert-OH is 1. The molecule has 1 atom stereocenters. The second-order valence-corrected chi connectivity index (χ2v) is 5.09. The van der Waals surface area contributed by atoms with Crippen molar-refractivity contribution < 1.29 is 5.11 Å². The van der Waals surface area contributed by atoms with Crippen LogP contribution in [0.2, 0.25) is 0 Å². The summed E-state index contributed by atoms with van der Waals surface area (Å²) in [6, 6.07) is 6.09. The normalized spacial score (nSPS) is 21.1. The maximum atomic E-state index is 9.39. The highest BCUT2D eigenvalue weighted by Crippen LogP contribution is 2.32. The molecule has 1 aromatic rings. The highest BCUT2D eigenvalue weighted by atomic mass is 79.9. The molecule has 0 bridgehead atoms. The summed E-state index contributed by atoms with van der Waals surface area (Å²) in [5.74, 6) is 0. The van der Waals surface area contributed by atoms with E-state index in [0.717, 1.165) is 28.8 Å². The molecule has 0 aromatic heterocycles. The molecular weight excluding hydrogens is 268 g/mol. The van der Waals surface area contributed by atoms with Crippen molar-refractivity contribution in [1.29, 1.82) is 0 Å². The summed E-state index contributed by atoms with van der Waals surface area (Å²) >= 11 is 3.54. The topological polar surface area (TPSA) is 49.5 Å². The number of nitrogens with zero attached hydrogens (tertiary/aromatic N) is 1. The Bertz CT molecular complexity index is 370.